The first-order chi connectivity index (χ1) is 43.3. The van der Waals surface area contributed by atoms with Gasteiger partial charge in [-0.2, -0.15) is 0 Å². The van der Waals surface area contributed by atoms with Crippen molar-refractivity contribution in [3.8, 4) is 0 Å². The van der Waals surface area contributed by atoms with Gasteiger partial charge in [0.15, 0.2) is 0 Å². The van der Waals surface area contributed by atoms with Crippen molar-refractivity contribution in [1.82, 2.24) is 0 Å². The van der Waals surface area contributed by atoms with Gasteiger partial charge < -0.3 is 32.3 Å². The summed E-state index contributed by atoms with van der Waals surface area (Å²) >= 11 is 0. The fraction of sp³-hybridized carbons (Fsp3) is 0.947. The number of unbranched alkanes of at least 4 members (excludes halogenated alkanes) is 49. The van der Waals surface area contributed by atoms with Crippen molar-refractivity contribution in [2.24, 2.45) is 0 Å². The van der Waals surface area contributed by atoms with E-state index in [0.29, 0.717) is 25.7 Å². The molecular formula is C75H148Na2O12P2. The molecule has 0 aliphatic heterocycles. The normalized spacial score (nSPS) is 14.2. The average Bonchev–Trinajstić information content (AvgIpc) is 0.811. The third-order valence-electron chi connectivity index (χ3n) is 18.5. The second kappa shape index (κ2) is 69.4. The van der Waals surface area contributed by atoms with Crippen LogP contribution in [0.1, 0.15) is 422 Å². The first kappa shape index (κ1) is 96.1. The van der Waals surface area contributed by atoms with Gasteiger partial charge in [0.1, 0.15) is 11.6 Å². The van der Waals surface area contributed by atoms with Crippen molar-refractivity contribution in [3.63, 3.8) is 0 Å². The van der Waals surface area contributed by atoms with Gasteiger partial charge >= 0.3 is 73.9 Å². The molecule has 4 N–H and O–H groups in total. The minimum absolute atomic E-state index is 0. The third-order valence-corrected chi connectivity index (χ3v) is 25.4. The maximum atomic E-state index is 16.3. The van der Waals surface area contributed by atoms with Gasteiger partial charge in [0.25, 0.3) is 0 Å². The summed E-state index contributed by atoms with van der Waals surface area (Å²) in [4.78, 5) is 57.4. The van der Waals surface area contributed by atoms with Crippen LogP contribution in [0.4, 0.5) is 0 Å². The summed E-state index contributed by atoms with van der Waals surface area (Å²) in [6, 6.07) is 0. The summed E-state index contributed by atoms with van der Waals surface area (Å²) in [5.41, 5.74) is -2.13. The maximum Gasteiger partial charge on any atom is 1.00 e. The predicted molar refractivity (Wildman–Crippen MR) is 378 cm³/mol. The van der Waals surface area contributed by atoms with Crippen molar-refractivity contribution in [3.05, 3.63) is 0 Å². The molecule has 0 saturated heterocycles. The molecule has 12 nitrogen and oxygen atoms in total. The van der Waals surface area contributed by atoms with Gasteiger partial charge in [-0.25, -0.2) is 0 Å². The van der Waals surface area contributed by atoms with Gasteiger partial charge in [-0.15, -0.1) is 0 Å². The Morgan fingerprint density at radius 1 is 0.319 bits per heavy atom. The van der Waals surface area contributed by atoms with Crippen LogP contribution >= 0.6 is 14.7 Å². The summed E-state index contributed by atoms with van der Waals surface area (Å²) in [7, 11) is -11.0. The van der Waals surface area contributed by atoms with Crippen LogP contribution in [-0.2, 0) is 37.4 Å². The molecule has 0 aliphatic rings. The first-order valence-electron chi connectivity index (χ1n) is 38.5. The van der Waals surface area contributed by atoms with Gasteiger partial charge in [-0.3, -0.25) is 28.3 Å². The Balaban J connectivity index is -0.00000645. The van der Waals surface area contributed by atoms with Crippen LogP contribution in [-0.4, -0.2) is 80.2 Å². The van der Waals surface area contributed by atoms with Crippen LogP contribution < -0.4 is 59.1 Å². The number of carbonyl (C=O) groups excluding carboxylic acids is 4. The fourth-order valence-electron chi connectivity index (χ4n) is 12.6. The molecular weight excluding hydrogens is 1200 g/mol. The van der Waals surface area contributed by atoms with Crippen molar-refractivity contribution in [1.29, 1.82) is 0 Å². The monoisotopic (exact) mass is 1350 g/mol. The summed E-state index contributed by atoms with van der Waals surface area (Å²) < 4.78 is 45.0. The van der Waals surface area contributed by atoms with Crippen molar-refractivity contribution in [2.75, 3.05) is 19.8 Å². The van der Waals surface area contributed by atoms with Gasteiger partial charge in [0.2, 0.25) is 16.1 Å². The SMILES string of the molecule is CCCCCCCCCCCCCCCC(=O)CC(CO)OP(=O)(C(=O)CCCCCCCCCCCCCCC)C(O)(CCCCO)P(=O)(OC(CO)CC(=O)CCCCCCCCCCCCCCC)C(=O)CCCCCCCCCCCCCCC.[H-].[H-].[Na+].[Na+]. The molecule has 0 bridgehead atoms. The molecule has 0 aromatic rings. The Morgan fingerprint density at radius 2 is 0.516 bits per heavy atom. The number of ketones is 2. The maximum absolute atomic E-state index is 16.3. The van der Waals surface area contributed by atoms with E-state index in [1.54, 1.807) is 0 Å². The second-order valence-electron chi connectivity index (χ2n) is 27.1. The van der Waals surface area contributed by atoms with Crippen LogP contribution in [0, 0.1) is 0 Å². The molecule has 0 rings (SSSR count). The van der Waals surface area contributed by atoms with Gasteiger partial charge in [0, 0.05) is 45.1 Å². The van der Waals surface area contributed by atoms with Crippen molar-refractivity contribution in [2.45, 2.75) is 437 Å². The van der Waals surface area contributed by atoms with E-state index in [1.807, 2.05) is 0 Å². The largest absolute Gasteiger partial charge is 1.00 e. The molecule has 0 radical (unpaired) electrons. The Bertz CT molecular complexity index is 1640. The van der Waals surface area contributed by atoms with E-state index < -0.39 is 75.6 Å². The standard InChI is InChI=1S/C75H146O12P2.2Na.2H/c1-5-9-13-17-21-25-29-33-37-41-45-49-53-59-69(79)65-71(67-77)86-88(84,73(81)61-55-51-47-43-39-35-31-27-23-19-15-11-7-3)75(83,63-57-58-64-76)89(85,74(82)62-56-52-48-44-40-36-32-28-24-20-16-12-8-4)87-72(68-78)66-70(80)60-54-50-46-42-38-34-30-26-22-18-14-10-6-2;;;;/h71-72,76-78,83H,5-68H2,1-4H3;;;;/q;2*+1;2*-1. The van der Waals surface area contributed by atoms with Crippen LogP contribution in [0.5, 0.6) is 0 Å². The summed E-state index contributed by atoms with van der Waals surface area (Å²) in [5.74, 6) is -0.571. The number of carbonyl (C=O) groups is 4. The van der Waals surface area contributed by atoms with Crippen LogP contribution in [0.15, 0.2) is 0 Å². The minimum atomic E-state index is -5.49. The second-order valence-corrected chi connectivity index (χ2v) is 32.6. The number of hydrogen-bond acceptors (Lipinski definition) is 12. The molecule has 0 amide bonds. The smallest absolute Gasteiger partial charge is 1.00 e. The van der Waals surface area contributed by atoms with Crippen molar-refractivity contribution >= 4 is 37.4 Å². The Labute approximate surface area is 608 Å². The van der Waals surface area contributed by atoms with E-state index in [1.165, 1.54) is 193 Å². The summed E-state index contributed by atoms with van der Waals surface area (Å²) in [6.07, 6.45) is 51.6. The number of aliphatic hydroxyl groups is 4. The molecule has 0 saturated carbocycles. The van der Waals surface area contributed by atoms with E-state index in [4.69, 9.17) is 9.05 Å². The zero-order chi connectivity index (χ0) is 65.6. The zero-order valence-electron chi connectivity index (χ0n) is 62.9. The van der Waals surface area contributed by atoms with Crippen LogP contribution in [0.2, 0.25) is 0 Å². The molecule has 0 aromatic carbocycles. The molecule has 0 fully saturated rings. The van der Waals surface area contributed by atoms with E-state index in [-0.39, 0.29) is 132 Å². The number of hydrogen-bond donors (Lipinski definition) is 4. The molecule has 0 aromatic heterocycles. The quantitative estimate of drug-likeness (QED) is 0.0255. The molecule has 532 valence electrons. The average molecular weight is 1350 g/mol. The predicted octanol–water partition coefficient (Wildman–Crippen LogP) is 17.2. The molecule has 0 aliphatic carbocycles. The Morgan fingerprint density at radius 3 is 0.714 bits per heavy atom. The van der Waals surface area contributed by atoms with Gasteiger partial charge in [-0.05, 0) is 44.9 Å². The van der Waals surface area contributed by atoms with Crippen LogP contribution in [0.3, 0.4) is 0 Å². The van der Waals surface area contributed by atoms with Crippen LogP contribution in [0.25, 0.3) is 0 Å². The fourth-order valence-corrected chi connectivity index (χ4v) is 19.2. The van der Waals surface area contributed by atoms with E-state index in [0.717, 1.165) is 103 Å². The third kappa shape index (κ3) is 50.8. The molecule has 0 spiro atoms. The van der Waals surface area contributed by atoms with Gasteiger partial charge in [-0.1, -0.05) is 336 Å². The van der Waals surface area contributed by atoms with E-state index >= 15 is 18.7 Å². The molecule has 91 heavy (non-hydrogen) atoms. The number of aliphatic hydroxyl groups excluding tert-OH is 3. The topological polar surface area (TPSA) is 202 Å². The molecule has 0 heterocycles. The summed E-state index contributed by atoms with van der Waals surface area (Å²) in [6.45, 7) is 6.85. The first-order valence-corrected chi connectivity index (χ1v) is 41.8. The molecule has 4 unspecified atom stereocenters. The molecule has 16 heteroatoms. The van der Waals surface area contributed by atoms with E-state index in [9.17, 15) is 30.0 Å². The number of rotatable bonds is 74. The minimum Gasteiger partial charge on any atom is -1.00 e. The Kier molecular flexibility index (Phi) is 73.3. The number of Topliss-reactive ketones (excluding diaryl/α,β-unsaturated/α-hetero) is 2. The summed E-state index contributed by atoms with van der Waals surface area (Å²) in [5, 5.41) is 42.0. The van der Waals surface area contributed by atoms with E-state index in [2.05, 4.69) is 27.7 Å². The van der Waals surface area contributed by atoms with Gasteiger partial charge in [0.05, 0.1) is 25.4 Å². The zero-order valence-corrected chi connectivity index (χ0v) is 66.6. The van der Waals surface area contributed by atoms with Crippen molar-refractivity contribution < 1.29 is 120 Å². The molecule has 4 atom stereocenters. The Hall–Kier alpha value is 0.900.